The second-order valence-corrected chi connectivity index (χ2v) is 8.90. The van der Waals surface area contributed by atoms with E-state index in [9.17, 15) is 54.5 Å². The largest absolute Gasteiger partial charge is 0.465 e. The van der Waals surface area contributed by atoms with Crippen molar-refractivity contribution in [1.82, 2.24) is 9.80 Å². The highest BCUT2D eigenvalue weighted by molar-refractivity contribution is 5.65. The molecule has 1 aromatic rings. The van der Waals surface area contributed by atoms with E-state index in [-0.39, 0.29) is 29.3 Å². The number of carbonyl (C=O) groups is 1. The molecular formula is C21H24F9N3O3. The Morgan fingerprint density at radius 2 is 1.61 bits per heavy atom. The molecule has 36 heavy (non-hydrogen) atoms. The fourth-order valence-electron chi connectivity index (χ4n) is 4.88. The molecule has 2 saturated heterocycles. The van der Waals surface area contributed by atoms with Crippen LogP contribution in [0.4, 0.5) is 50.0 Å². The first-order valence-electron chi connectivity index (χ1n) is 11.0. The number of piperazine rings is 1. The molecule has 2 aliphatic heterocycles. The molecule has 0 radical (unpaired) electrons. The molecule has 2 N–H and O–H groups in total. The van der Waals surface area contributed by atoms with Crippen molar-refractivity contribution in [2.24, 2.45) is 5.92 Å². The average Bonchev–Trinajstić information content (AvgIpc) is 3.19. The van der Waals surface area contributed by atoms with Crippen LogP contribution in [0.2, 0.25) is 0 Å². The molecule has 2 fully saturated rings. The van der Waals surface area contributed by atoms with Crippen molar-refractivity contribution in [3.63, 3.8) is 0 Å². The summed E-state index contributed by atoms with van der Waals surface area (Å²) in [6.07, 6.45) is -17.2. The fraction of sp³-hybridized carbons (Fsp3) is 0.667. The van der Waals surface area contributed by atoms with Gasteiger partial charge in [-0.25, -0.2) is 4.79 Å². The van der Waals surface area contributed by atoms with E-state index in [4.69, 9.17) is 0 Å². The van der Waals surface area contributed by atoms with E-state index in [2.05, 4.69) is 0 Å². The number of benzene rings is 1. The summed E-state index contributed by atoms with van der Waals surface area (Å²) < 4.78 is 121. The van der Waals surface area contributed by atoms with Crippen molar-refractivity contribution in [2.45, 2.75) is 50.0 Å². The molecule has 15 heteroatoms. The Labute approximate surface area is 199 Å². The lowest BCUT2D eigenvalue weighted by molar-refractivity contribution is -0.300. The summed E-state index contributed by atoms with van der Waals surface area (Å²) in [6.45, 7) is -2.32. The topological polar surface area (TPSA) is 67.2 Å². The number of amides is 1. The molecule has 2 aliphatic rings. The number of anilines is 1. The predicted molar refractivity (Wildman–Crippen MR) is 108 cm³/mol. The highest BCUT2D eigenvalue weighted by Crippen LogP contribution is 2.44. The minimum atomic E-state index is -5.79. The normalized spacial score (nSPS) is 22.5. The maximum Gasteiger partial charge on any atom is 0.416 e. The van der Waals surface area contributed by atoms with Crippen LogP contribution in [-0.2, 0) is 12.7 Å². The summed E-state index contributed by atoms with van der Waals surface area (Å²) in [5.41, 5.74) is -0.940. The van der Waals surface area contributed by atoms with Gasteiger partial charge in [0.1, 0.15) is 0 Å². The zero-order chi connectivity index (χ0) is 27.1. The van der Waals surface area contributed by atoms with Crippen LogP contribution in [0.3, 0.4) is 0 Å². The molecule has 2 unspecified atom stereocenters. The van der Waals surface area contributed by atoms with Crippen LogP contribution in [0.5, 0.6) is 0 Å². The van der Waals surface area contributed by atoms with Gasteiger partial charge in [-0.3, -0.25) is 4.90 Å². The van der Waals surface area contributed by atoms with Gasteiger partial charge in [-0.15, -0.1) is 0 Å². The number of hydrogen-bond donors (Lipinski definition) is 2. The first-order valence-corrected chi connectivity index (χ1v) is 11.0. The van der Waals surface area contributed by atoms with Gasteiger partial charge in [0.15, 0.2) is 5.92 Å². The molecule has 0 spiro atoms. The minimum Gasteiger partial charge on any atom is -0.465 e. The van der Waals surface area contributed by atoms with Gasteiger partial charge in [-0.05, 0) is 36.6 Å². The lowest BCUT2D eigenvalue weighted by atomic mass is 9.94. The quantitative estimate of drug-likeness (QED) is 0.539. The second kappa shape index (κ2) is 10.1. The molecule has 6 nitrogen and oxygen atoms in total. The summed E-state index contributed by atoms with van der Waals surface area (Å²) in [5, 5.41) is 18.7. The maximum atomic E-state index is 13.6. The molecule has 2 atom stereocenters. The number of halogens is 9. The monoisotopic (exact) mass is 537 g/mol. The van der Waals surface area contributed by atoms with Crippen LogP contribution in [0.15, 0.2) is 18.2 Å². The van der Waals surface area contributed by atoms with Gasteiger partial charge in [-0.2, -0.15) is 39.5 Å². The first kappa shape index (κ1) is 28.2. The smallest absolute Gasteiger partial charge is 0.416 e. The number of carboxylic acid groups (broad SMARTS) is 1. The number of rotatable bonds is 5. The molecule has 2 heterocycles. The van der Waals surface area contributed by atoms with Gasteiger partial charge >= 0.3 is 24.6 Å². The van der Waals surface area contributed by atoms with E-state index in [0.29, 0.717) is 19.4 Å². The van der Waals surface area contributed by atoms with Gasteiger partial charge in [0.2, 0.25) is 0 Å². The van der Waals surface area contributed by atoms with E-state index >= 15 is 0 Å². The zero-order valence-electron chi connectivity index (χ0n) is 18.7. The minimum absolute atomic E-state index is 0.0125. The van der Waals surface area contributed by atoms with Gasteiger partial charge in [-0.1, -0.05) is 0 Å². The average molecular weight is 537 g/mol. The number of nitrogens with zero attached hydrogens (tertiary/aromatic N) is 3. The highest BCUT2D eigenvalue weighted by Gasteiger charge is 2.62. The van der Waals surface area contributed by atoms with Crippen LogP contribution in [0.1, 0.15) is 24.0 Å². The predicted octanol–water partition coefficient (Wildman–Crippen LogP) is 4.57. The van der Waals surface area contributed by atoms with Crippen molar-refractivity contribution in [2.75, 3.05) is 37.7 Å². The number of aliphatic hydroxyl groups excluding tert-OH is 1. The van der Waals surface area contributed by atoms with Crippen molar-refractivity contribution >= 4 is 11.8 Å². The van der Waals surface area contributed by atoms with Gasteiger partial charge < -0.3 is 20.0 Å². The molecule has 1 aromatic carbocycles. The van der Waals surface area contributed by atoms with Crippen LogP contribution >= 0.6 is 0 Å². The standard InChI is InChI=1S/C21H24F9N3O3/c22-19(23,24)13-6-12(7-15(8-13)32-3-1-2-14(32)11-34)9-31-4-5-33(18(35)36)16(10-31)17(20(25,26)27)21(28,29)30/h6-8,14,16-17,34H,1-5,9-11H2,(H,35,36). The van der Waals surface area contributed by atoms with Gasteiger partial charge in [0, 0.05) is 38.4 Å². The van der Waals surface area contributed by atoms with Crippen molar-refractivity contribution in [3.8, 4) is 0 Å². The van der Waals surface area contributed by atoms with Crippen molar-refractivity contribution in [1.29, 1.82) is 0 Å². The summed E-state index contributed by atoms with van der Waals surface area (Å²) in [5.74, 6) is -3.96. The molecule has 0 aliphatic carbocycles. The van der Waals surface area contributed by atoms with Crippen LogP contribution in [0, 0.1) is 5.92 Å². The Morgan fingerprint density at radius 1 is 0.972 bits per heavy atom. The third-order valence-electron chi connectivity index (χ3n) is 6.47. The second-order valence-electron chi connectivity index (χ2n) is 8.90. The molecule has 204 valence electrons. The lowest BCUT2D eigenvalue weighted by Gasteiger charge is -2.44. The van der Waals surface area contributed by atoms with E-state index in [1.165, 1.54) is 6.07 Å². The SMILES string of the molecule is O=C(O)N1CCN(Cc2cc(N3CCCC3CO)cc(C(F)(F)F)c2)CC1C(C(F)(F)F)C(F)(F)F. The molecule has 3 rings (SSSR count). The fourth-order valence-corrected chi connectivity index (χ4v) is 4.88. The number of aliphatic hydroxyl groups is 1. The van der Waals surface area contributed by atoms with E-state index in [0.717, 1.165) is 17.0 Å². The maximum absolute atomic E-state index is 13.6. The molecule has 1 amide bonds. The Balaban J connectivity index is 1.93. The van der Waals surface area contributed by atoms with Crippen molar-refractivity contribution < 1.29 is 54.5 Å². The third-order valence-corrected chi connectivity index (χ3v) is 6.47. The summed E-state index contributed by atoms with van der Waals surface area (Å²) in [6, 6.07) is 0.0404. The Morgan fingerprint density at radius 3 is 2.14 bits per heavy atom. The van der Waals surface area contributed by atoms with E-state index in [1.54, 1.807) is 4.90 Å². The molecular weight excluding hydrogens is 513 g/mol. The van der Waals surface area contributed by atoms with Crippen LogP contribution in [-0.4, -0.2) is 83.3 Å². The van der Waals surface area contributed by atoms with Crippen molar-refractivity contribution in [3.05, 3.63) is 29.3 Å². The first-order chi connectivity index (χ1) is 16.5. The van der Waals surface area contributed by atoms with Crippen LogP contribution < -0.4 is 4.90 Å². The zero-order valence-corrected chi connectivity index (χ0v) is 18.7. The molecule has 0 saturated carbocycles. The molecule has 0 aromatic heterocycles. The summed E-state index contributed by atoms with van der Waals surface area (Å²) in [4.78, 5) is 14.2. The van der Waals surface area contributed by atoms with E-state index in [1.807, 2.05) is 0 Å². The molecule has 0 bridgehead atoms. The lowest BCUT2D eigenvalue weighted by Crippen LogP contribution is -2.62. The Bertz CT molecular complexity index is 922. The Hall–Kier alpha value is -2.42. The highest BCUT2D eigenvalue weighted by atomic mass is 19.4. The third kappa shape index (κ3) is 6.28. The van der Waals surface area contributed by atoms with E-state index < -0.39 is 67.8 Å². The summed E-state index contributed by atoms with van der Waals surface area (Å²) >= 11 is 0. The van der Waals surface area contributed by atoms with Gasteiger partial charge in [0.05, 0.1) is 24.3 Å². The van der Waals surface area contributed by atoms with Crippen LogP contribution in [0.25, 0.3) is 0 Å². The summed E-state index contributed by atoms with van der Waals surface area (Å²) in [7, 11) is 0. The number of alkyl halides is 9. The van der Waals surface area contributed by atoms with Gasteiger partial charge in [0.25, 0.3) is 0 Å². The Kier molecular flexibility index (Phi) is 7.94. The number of hydrogen-bond acceptors (Lipinski definition) is 4.